The fourth-order valence-electron chi connectivity index (χ4n) is 2.82. The lowest BCUT2D eigenvalue weighted by Crippen LogP contribution is -2.45. The fourth-order valence-corrected chi connectivity index (χ4v) is 2.82. The van der Waals surface area contributed by atoms with Crippen molar-refractivity contribution in [3.8, 4) is 0 Å². The van der Waals surface area contributed by atoms with Crippen molar-refractivity contribution in [2.75, 3.05) is 6.54 Å². The third-order valence-electron chi connectivity index (χ3n) is 4.49. The number of hydrogen-bond donors (Lipinski definition) is 1. The van der Waals surface area contributed by atoms with Crippen molar-refractivity contribution in [2.45, 2.75) is 52.5 Å². The number of Topliss-reactive ketones (excluding diaryl/α,β-unsaturated/α-hetero) is 1. The molecule has 24 heavy (non-hydrogen) atoms. The van der Waals surface area contributed by atoms with Gasteiger partial charge in [-0.2, -0.15) is 0 Å². The number of nitrogens with zero attached hydrogens (tertiary/aromatic N) is 1. The van der Waals surface area contributed by atoms with Crippen LogP contribution in [0.3, 0.4) is 0 Å². The number of carbonyl (C=O) groups is 3. The summed E-state index contributed by atoms with van der Waals surface area (Å²) in [6, 6.07) is 8.79. The zero-order chi connectivity index (χ0) is 18.0. The first-order valence-corrected chi connectivity index (χ1v) is 8.45. The molecule has 1 saturated heterocycles. The van der Waals surface area contributed by atoms with E-state index in [4.69, 9.17) is 0 Å². The maximum absolute atomic E-state index is 13.1. The van der Waals surface area contributed by atoms with Crippen molar-refractivity contribution in [1.82, 2.24) is 10.2 Å². The molecule has 3 amide bonds. The van der Waals surface area contributed by atoms with Gasteiger partial charge in [-0.25, -0.2) is 4.79 Å². The molecule has 2 rings (SSSR count). The highest BCUT2D eigenvalue weighted by atomic mass is 16.2. The van der Waals surface area contributed by atoms with E-state index in [0.29, 0.717) is 6.42 Å². The number of benzene rings is 1. The number of hydrogen-bond acceptors (Lipinski definition) is 3. The molecule has 1 aliphatic rings. The summed E-state index contributed by atoms with van der Waals surface area (Å²) in [4.78, 5) is 38.9. The van der Waals surface area contributed by atoms with E-state index in [1.165, 1.54) is 0 Å². The molecule has 0 aromatic heterocycles. The van der Waals surface area contributed by atoms with Gasteiger partial charge in [-0.05, 0) is 12.0 Å². The topological polar surface area (TPSA) is 66.5 Å². The number of imide groups is 1. The van der Waals surface area contributed by atoms with Crippen molar-refractivity contribution < 1.29 is 14.4 Å². The smallest absolute Gasteiger partial charge is 0.319 e. The Kier molecular flexibility index (Phi) is 5.11. The van der Waals surface area contributed by atoms with Gasteiger partial charge in [0.15, 0.2) is 5.78 Å². The molecule has 0 bridgehead atoms. The van der Waals surface area contributed by atoms with Gasteiger partial charge in [-0.15, -0.1) is 0 Å². The summed E-state index contributed by atoms with van der Waals surface area (Å²) in [5.41, 5.74) is -0.892. The standard InChI is InChI=1S/C19H26N2O3/c1-5-6-12-19(14-10-8-7-9-11-14)16(23)21(17(24)20-19)13-15(22)18(2,3)4/h7-11H,5-6,12-13H2,1-4H3,(H,20,24). The Morgan fingerprint density at radius 2 is 1.79 bits per heavy atom. The minimum atomic E-state index is -1.06. The number of unbranched alkanes of at least 4 members (excludes halogenated alkanes) is 1. The van der Waals surface area contributed by atoms with E-state index in [1.54, 1.807) is 20.8 Å². The minimum Gasteiger partial charge on any atom is -0.319 e. The van der Waals surface area contributed by atoms with E-state index >= 15 is 0 Å². The first kappa shape index (κ1) is 18.2. The van der Waals surface area contributed by atoms with E-state index in [9.17, 15) is 14.4 Å². The number of urea groups is 1. The van der Waals surface area contributed by atoms with E-state index in [1.807, 2.05) is 37.3 Å². The van der Waals surface area contributed by atoms with Crippen LogP contribution < -0.4 is 5.32 Å². The highest BCUT2D eigenvalue weighted by Crippen LogP contribution is 2.34. The Morgan fingerprint density at radius 3 is 2.33 bits per heavy atom. The van der Waals surface area contributed by atoms with E-state index in [2.05, 4.69) is 5.32 Å². The van der Waals surface area contributed by atoms with Crippen molar-refractivity contribution in [2.24, 2.45) is 5.41 Å². The van der Waals surface area contributed by atoms with Crippen LogP contribution in [-0.2, 0) is 15.1 Å². The third kappa shape index (κ3) is 3.35. The Bertz CT molecular complexity index is 634. The van der Waals surface area contributed by atoms with Crippen molar-refractivity contribution in [3.63, 3.8) is 0 Å². The van der Waals surface area contributed by atoms with Gasteiger partial charge in [0, 0.05) is 5.41 Å². The molecule has 5 nitrogen and oxygen atoms in total. The van der Waals surface area contributed by atoms with E-state index in [0.717, 1.165) is 23.3 Å². The van der Waals surface area contributed by atoms with Gasteiger partial charge in [-0.1, -0.05) is 70.9 Å². The predicted octanol–water partition coefficient (Wildman–Crippen LogP) is 3.24. The lowest BCUT2D eigenvalue weighted by atomic mass is 9.84. The number of nitrogens with one attached hydrogen (secondary N) is 1. The van der Waals surface area contributed by atoms with Gasteiger partial charge in [-0.3, -0.25) is 14.5 Å². The van der Waals surface area contributed by atoms with Gasteiger partial charge in [0.25, 0.3) is 5.91 Å². The molecule has 1 fully saturated rings. The molecule has 1 unspecified atom stereocenters. The molecule has 0 radical (unpaired) electrons. The Hall–Kier alpha value is -2.17. The number of rotatable bonds is 6. The first-order valence-electron chi connectivity index (χ1n) is 8.45. The van der Waals surface area contributed by atoms with Crippen molar-refractivity contribution in [3.05, 3.63) is 35.9 Å². The number of carbonyl (C=O) groups excluding carboxylic acids is 3. The molecule has 1 atom stereocenters. The molecule has 1 heterocycles. The highest BCUT2D eigenvalue weighted by molar-refractivity contribution is 6.09. The average Bonchev–Trinajstić information content (AvgIpc) is 2.78. The zero-order valence-electron chi connectivity index (χ0n) is 14.9. The molecule has 0 aliphatic carbocycles. The Balaban J connectivity index is 2.35. The van der Waals surface area contributed by atoms with Gasteiger partial charge in [0.05, 0.1) is 6.54 Å². The van der Waals surface area contributed by atoms with Gasteiger partial charge < -0.3 is 5.32 Å². The summed E-state index contributed by atoms with van der Waals surface area (Å²) < 4.78 is 0. The van der Waals surface area contributed by atoms with Crippen LogP contribution in [-0.4, -0.2) is 29.2 Å². The highest BCUT2D eigenvalue weighted by Gasteiger charge is 2.52. The molecule has 5 heteroatoms. The van der Waals surface area contributed by atoms with Crippen LogP contribution in [0.15, 0.2) is 30.3 Å². The lowest BCUT2D eigenvalue weighted by Gasteiger charge is -2.27. The average molecular weight is 330 g/mol. The summed E-state index contributed by atoms with van der Waals surface area (Å²) in [5.74, 6) is -0.463. The van der Waals surface area contributed by atoms with Gasteiger partial charge >= 0.3 is 6.03 Å². The number of amides is 3. The molecule has 130 valence electrons. The summed E-state index contributed by atoms with van der Waals surface area (Å²) >= 11 is 0. The van der Waals surface area contributed by atoms with Gasteiger partial charge in [0.2, 0.25) is 0 Å². The normalized spacial score (nSPS) is 21.1. The monoisotopic (exact) mass is 330 g/mol. The molecular formula is C19H26N2O3. The molecule has 1 aromatic carbocycles. The maximum Gasteiger partial charge on any atom is 0.325 e. The largest absolute Gasteiger partial charge is 0.325 e. The molecule has 0 spiro atoms. The van der Waals surface area contributed by atoms with E-state index < -0.39 is 17.0 Å². The predicted molar refractivity (Wildman–Crippen MR) is 92.4 cm³/mol. The summed E-state index contributed by atoms with van der Waals surface area (Å²) in [7, 11) is 0. The van der Waals surface area contributed by atoms with Crippen LogP contribution in [0.2, 0.25) is 0 Å². The van der Waals surface area contributed by atoms with Gasteiger partial charge in [0.1, 0.15) is 5.54 Å². The summed E-state index contributed by atoms with van der Waals surface area (Å²) in [5, 5.41) is 2.86. The summed E-state index contributed by atoms with van der Waals surface area (Å²) in [6.45, 7) is 7.22. The molecule has 1 N–H and O–H groups in total. The lowest BCUT2D eigenvalue weighted by molar-refractivity contribution is -0.137. The molecule has 1 aromatic rings. The number of ketones is 1. The van der Waals surface area contributed by atoms with E-state index in [-0.39, 0.29) is 18.2 Å². The Morgan fingerprint density at radius 1 is 1.17 bits per heavy atom. The van der Waals surface area contributed by atoms with Crippen LogP contribution in [0.5, 0.6) is 0 Å². The van der Waals surface area contributed by atoms with Crippen molar-refractivity contribution in [1.29, 1.82) is 0 Å². The first-order chi connectivity index (χ1) is 11.2. The zero-order valence-corrected chi connectivity index (χ0v) is 14.9. The van der Waals surface area contributed by atoms with Crippen LogP contribution in [0.4, 0.5) is 4.79 Å². The van der Waals surface area contributed by atoms with Crippen molar-refractivity contribution >= 4 is 17.7 Å². The van der Waals surface area contributed by atoms with Crippen LogP contribution in [0.25, 0.3) is 0 Å². The SMILES string of the molecule is CCCCC1(c2ccccc2)NC(=O)N(CC(=O)C(C)(C)C)C1=O. The Labute approximate surface area is 143 Å². The maximum atomic E-state index is 13.1. The second-order valence-electron chi connectivity index (χ2n) is 7.37. The second-order valence-corrected chi connectivity index (χ2v) is 7.37. The van der Waals surface area contributed by atoms with Crippen LogP contribution in [0, 0.1) is 5.41 Å². The van der Waals surface area contributed by atoms with Crippen LogP contribution in [0.1, 0.15) is 52.5 Å². The fraction of sp³-hybridized carbons (Fsp3) is 0.526. The quantitative estimate of drug-likeness (QED) is 0.814. The summed E-state index contributed by atoms with van der Waals surface area (Å²) in [6.07, 6.45) is 2.25. The third-order valence-corrected chi connectivity index (χ3v) is 4.49. The molecule has 0 saturated carbocycles. The van der Waals surface area contributed by atoms with Crippen LogP contribution >= 0.6 is 0 Å². The second kappa shape index (κ2) is 6.75. The molecular weight excluding hydrogens is 304 g/mol. The molecule has 1 aliphatic heterocycles. The minimum absolute atomic E-state index is 0.134.